The number of anilines is 1. The minimum Gasteiger partial charge on any atom is -0.504 e. The highest BCUT2D eigenvalue weighted by Gasteiger charge is 2.66. The highest BCUT2D eigenvalue weighted by Crippen LogP contribution is 2.64. The molecule has 4 aromatic rings. The van der Waals surface area contributed by atoms with Crippen LogP contribution in [0.15, 0.2) is 115 Å². The molecule has 0 aromatic heterocycles. The summed E-state index contributed by atoms with van der Waals surface area (Å²) in [5.41, 5.74) is -3.81. The van der Waals surface area contributed by atoms with Gasteiger partial charge >= 0.3 is 12.4 Å². The number of hydrogen-bond donors (Lipinski definition) is 1. The number of Topliss-reactive ketones (excluding diaryl/α,β-unsaturated/α-hetero) is 1. The van der Waals surface area contributed by atoms with Crippen LogP contribution in [-0.2, 0) is 36.9 Å². The molecule has 0 spiro atoms. The maximum Gasteiger partial charge on any atom is 0.416 e. The molecule has 8 rings (SSSR count). The van der Waals surface area contributed by atoms with Crippen LogP contribution in [0.2, 0.25) is 0 Å². The van der Waals surface area contributed by atoms with Gasteiger partial charge in [-0.3, -0.25) is 19.2 Å². The van der Waals surface area contributed by atoms with E-state index < -0.39 is 87.6 Å². The molecule has 2 fully saturated rings. The van der Waals surface area contributed by atoms with Crippen LogP contribution in [-0.4, -0.2) is 35.1 Å². The summed E-state index contributed by atoms with van der Waals surface area (Å²) in [5, 5.41) is 10.7. The summed E-state index contributed by atoms with van der Waals surface area (Å²) in [5.74, 6) is -8.51. The van der Waals surface area contributed by atoms with E-state index in [4.69, 9.17) is 4.74 Å². The summed E-state index contributed by atoms with van der Waals surface area (Å²) < 4.78 is 89.4. The molecule has 1 saturated heterocycles. The molecule has 7 nitrogen and oxygen atoms in total. The second-order valence-corrected chi connectivity index (χ2v) is 14.7. The van der Waals surface area contributed by atoms with Crippen molar-refractivity contribution in [2.75, 3.05) is 11.5 Å². The molecule has 0 bridgehead atoms. The van der Waals surface area contributed by atoms with Crippen LogP contribution in [0.1, 0.15) is 53.5 Å². The van der Waals surface area contributed by atoms with Crippen LogP contribution < -0.4 is 9.64 Å². The molecule has 292 valence electrons. The molecule has 13 heteroatoms. The third-order valence-corrected chi connectivity index (χ3v) is 11.8. The van der Waals surface area contributed by atoms with E-state index in [-0.39, 0.29) is 42.6 Å². The molecule has 4 aliphatic rings. The minimum absolute atomic E-state index is 0.0756. The van der Waals surface area contributed by atoms with Gasteiger partial charge in [0.2, 0.25) is 11.8 Å². The Balaban J connectivity index is 1.34. The Morgan fingerprint density at radius 3 is 2.04 bits per heavy atom. The summed E-state index contributed by atoms with van der Waals surface area (Å²) in [6, 6.07) is 22.4. The van der Waals surface area contributed by atoms with Crippen LogP contribution in [0, 0.1) is 23.7 Å². The van der Waals surface area contributed by atoms with Crippen LogP contribution in [0.25, 0.3) is 5.57 Å². The van der Waals surface area contributed by atoms with E-state index in [0.29, 0.717) is 39.3 Å². The van der Waals surface area contributed by atoms with E-state index >= 15 is 9.59 Å². The Kier molecular flexibility index (Phi) is 9.05. The van der Waals surface area contributed by atoms with Gasteiger partial charge in [0.1, 0.15) is 0 Å². The number of carbonyl (C=O) groups excluding carboxylic acids is 4. The lowest BCUT2D eigenvalue weighted by molar-refractivity contribution is -0.143. The predicted molar refractivity (Wildman–Crippen MR) is 195 cm³/mol. The Morgan fingerprint density at radius 1 is 0.789 bits per heavy atom. The average Bonchev–Trinajstić information content (AvgIpc) is 3.45. The number of nitrogens with zero attached hydrogens (tertiary/aromatic N) is 1. The summed E-state index contributed by atoms with van der Waals surface area (Å²) in [7, 11) is 0. The monoisotopic (exact) mass is 785 g/mol. The molecule has 4 aromatic carbocycles. The number of fused-ring (bicyclic) bond motifs is 4. The SMILES string of the molecule is CCOc1cc([C@H]2C3=CC[C@@H]4C(=O)N(c5cc(C(F)(F)F)cc(C(F)(F)F)c5)C(=O)[C@@H]4[C@@H]3C[C@H]3C(=O)C(c4ccccc4)=CC(=O)[C@@]23c2ccccc2)ccc1O. The number of hydrogen-bond acceptors (Lipinski definition) is 6. The van der Waals surface area contributed by atoms with Crippen molar-refractivity contribution in [3.8, 4) is 11.5 Å². The predicted octanol–water partition coefficient (Wildman–Crippen LogP) is 8.86. The Labute approximate surface area is 322 Å². The fourth-order valence-corrected chi connectivity index (χ4v) is 9.55. The lowest BCUT2D eigenvalue weighted by atomic mass is 9.44. The second kappa shape index (κ2) is 13.6. The van der Waals surface area contributed by atoms with Crippen molar-refractivity contribution < 1.29 is 55.4 Å². The normalized spacial score (nSPS) is 26.0. The third-order valence-electron chi connectivity index (χ3n) is 11.8. The molecular weight excluding hydrogens is 752 g/mol. The van der Waals surface area contributed by atoms with Crippen LogP contribution >= 0.6 is 0 Å². The summed E-state index contributed by atoms with van der Waals surface area (Å²) in [4.78, 5) is 59.4. The number of amides is 2. The van der Waals surface area contributed by atoms with Gasteiger partial charge in [-0.15, -0.1) is 0 Å². The molecule has 1 aliphatic heterocycles. The largest absolute Gasteiger partial charge is 0.504 e. The zero-order valence-electron chi connectivity index (χ0n) is 30.1. The molecule has 1 heterocycles. The standard InChI is InChI=1S/C44H33F6NO6/c1-2-57-35-17-24(13-16-34(35)52)38-29-14-15-30-37(41(56)51(40(30)55)28-19-26(43(45,46)47)18-27(20-28)44(48,49)50)32(29)21-33-39(54)31(23-9-5-3-6-10-23)22-36(53)42(33,38)25-11-7-4-8-12-25/h3-14,16-20,22,30,32-33,37-38,52H,2,15,21H2,1H3/t30-,32+,33-,37-,38-,42-/m0/s1. The van der Waals surface area contributed by atoms with E-state index in [1.165, 1.54) is 12.1 Å². The number of alkyl halides is 6. The van der Waals surface area contributed by atoms with E-state index in [2.05, 4.69) is 0 Å². The zero-order chi connectivity index (χ0) is 40.6. The molecule has 0 radical (unpaired) electrons. The highest BCUT2D eigenvalue weighted by atomic mass is 19.4. The number of ether oxygens (including phenoxy) is 1. The maximum atomic E-state index is 15.2. The first-order valence-corrected chi connectivity index (χ1v) is 18.3. The number of phenols is 1. The Hall–Kier alpha value is -5.98. The summed E-state index contributed by atoms with van der Waals surface area (Å²) in [6.45, 7) is 1.88. The van der Waals surface area contributed by atoms with Gasteiger partial charge in [-0.1, -0.05) is 78.4 Å². The maximum absolute atomic E-state index is 15.2. The molecule has 6 atom stereocenters. The van der Waals surface area contributed by atoms with Crippen molar-refractivity contribution in [2.45, 2.75) is 43.5 Å². The van der Waals surface area contributed by atoms with Gasteiger partial charge in [0.25, 0.3) is 0 Å². The number of allylic oxidation sites excluding steroid dienone is 4. The van der Waals surface area contributed by atoms with Crippen molar-refractivity contribution in [1.29, 1.82) is 0 Å². The van der Waals surface area contributed by atoms with Gasteiger partial charge in [-0.25, -0.2) is 4.90 Å². The van der Waals surface area contributed by atoms with E-state index in [9.17, 15) is 41.0 Å². The Bertz CT molecular complexity index is 2360. The number of halogens is 6. The van der Waals surface area contributed by atoms with Gasteiger partial charge in [-0.2, -0.15) is 26.3 Å². The number of benzene rings is 4. The second-order valence-electron chi connectivity index (χ2n) is 14.7. The van der Waals surface area contributed by atoms with Crippen molar-refractivity contribution in [3.05, 3.63) is 143 Å². The number of imide groups is 1. The van der Waals surface area contributed by atoms with Gasteiger partial charge in [-0.05, 0) is 78.8 Å². The van der Waals surface area contributed by atoms with Crippen LogP contribution in [0.3, 0.4) is 0 Å². The molecule has 1 N–H and O–H groups in total. The number of ketones is 2. The lowest BCUT2D eigenvalue weighted by Crippen LogP contribution is -2.58. The van der Waals surface area contributed by atoms with Crippen molar-refractivity contribution >= 4 is 34.6 Å². The molecule has 2 amide bonds. The zero-order valence-corrected chi connectivity index (χ0v) is 30.1. The number of carbonyl (C=O) groups is 4. The van der Waals surface area contributed by atoms with Gasteiger partial charge in [0.05, 0.1) is 40.7 Å². The third kappa shape index (κ3) is 5.97. The molecule has 1 saturated carbocycles. The first-order chi connectivity index (χ1) is 27.1. The van der Waals surface area contributed by atoms with Crippen LogP contribution in [0.4, 0.5) is 32.0 Å². The first kappa shape index (κ1) is 37.9. The van der Waals surface area contributed by atoms with E-state index in [1.807, 2.05) is 0 Å². The fourth-order valence-electron chi connectivity index (χ4n) is 9.55. The van der Waals surface area contributed by atoms with Gasteiger partial charge in [0.15, 0.2) is 23.1 Å². The Morgan fingerprint density at radius 2 is 1.42 bits per heavy atom. The smallest absolute Gasteiger partial charge is 0.416 e. The minimum atomic E-state index is -5.23. The number of rotatable bonds is 6. The summed E-state index contributed by atoms with van der Waals surface area (Å²) >= 11 is 0. The lowest BCUT2D eigenvalue weighted by Gasteiger charge is -2.55. The highest BCUT2D eigenvalue weighted by molar-refractivity contribution is 6.32. The van der Waals surface area contributed by atoms with Crippen molar-refractivity contribution in [1.82, 2.24) is 0 Å². The van der Waals surface area contributed by atoms with Crippen LogP contribution in [0.5, 0.6) is 11.5 Å². The molecular formula is C44H33F6NO6. The van der Waals surface area contributed by atoms with E-state index in [0.717, 1.165) is 0 Å². The molecule has 57 heavy (non-hydrogen) atoms. The fraction of sp³-hybridized carbons (Fsp3) is 0.273. The van der Waals surface area contributed by atoms with Crippen molar-refractivity contribution in [2.24, 2.45) is 23.7 Å². The quantitative estimate of drug-likeness (QED) is 0.119. The number of phenolic OH excluding ortho intramolecular Hbond substituents is 1. The number of aromatic hydroxyl groups is 1. The molecule has 3 aliphatic carbocycles. The van der Waals surface area contributed by atoms with E-state index in [1.54, 1.807) is 85.8 Å². The molecule has 0 unspecified atom stereocenters. The average molecular weight is 786 g/mol. The van der Waals surface area contributed by atoms with Gasteiger partial charge < -0.3 is 9.84 Å². The summed E-state index contributed by atoms with van der Waals surface area (Å²) in [6.07, 6.45) is -7.69. The topological polar surface area (TPSA) is 101 Å². The van der Waals surface area contributed by atoms with Gasteiger partial charge in [0, 0.05) is 17.4 Å². The van der Waals surface area contributed by atoms with Crippen molar-refractivity contribution in [3.63, 3.8) is 0 Å². The first-order valence-electron chi connectivity index (χ1n) is 18.3.